The lowest BCUT2D eigenvalue weighted by molar-refractivity contribution is -0.896. The molecule has 0 atom stereocenters. The fourth-order valence-corrected chi connectivity index (χ4v) is 5.20. The van der Waals surface area contributed by atoms with Crippen LogP contribution in [-0.4, -0.2) is 23.2 Å². The molecule has 0 aliphatic heterocycles. The number of aryl methyl sites for hydroxylation is 4. The maximum absolute atomic E-state index is 14.2. The van der Waals surface area contributed by atoms with Crippen molar-refractivity contribution >= 4 is 11.6 Å². The first-order valence-corrected chi connectivity index (χ1v) is 13.4. The summed E-state index contributed by atoms with van der Waals surface area (Å²) >= 11 is 0. The van der Waals surface area contributed by atoms with Crippen molar-refractivity contribution in [3.05, 3.63) is 88.2 Å². The number of hydrogen-bond acceptors (Lipinski definition) is 3. The summed E-state index contributed by atoms with van der Waals surface area (Å²) in [6.07, 6.45) is 1.71. The summed E-state index contributed by atoms with van der Waals surface area (Å²) in [4.78, 5) is 16.3. The van der Waals surface area contributed by atoms with Crippen molar-refractivity contribution in [2.75, 3.05) is 12.4 Å². The second kappa shape index (κ2) is 11.5. The van der Waals surface area contributed by atoms with E-state index in [0.29, 0.717) is 22.8 Å². The summed E-state index contributed by atoms with van der Waals surface area (Å²) in [6, 6.07) is 15.5. The largest absolute Gasteiger partial charge is 0.496 e. The molecule has 0 radical (unpaired) electrons. The zero-order chi connectivity index (χ0) is 29.2. The molecule has 3 aromatic carbocycles. The van der Waals surface area contributed by atoms with Gasteiger partial charge in [0.15, 0.2) is 5.69 Å². The molecule has 0 unspecified atom stereocenters. The van der Waals surface area contributed by atoms with Crippen molar-refractivity contribution in [1.29, 1.82) is 0 Å². The first-order valence-electron chi connectivity index (χ1n) is 13.4. The molecule has 1 heterocycles. The molecule has 1 amide bonds. The van der Waals surface area contributed by atoms with Gasteiger partial charge >= 0.3 is 11.7 Å². The lowest BCUT2D eigenvalue weighted by atomic mass is 9.91. The van der Waals surface area contributed by atoms with Crippen molar-refractivity contribution in [3.8, 4) is 28.3 Å². The number of aromatic amines is 1. The number of ether oxygens (including phenoxy) is 1. The Kier molecular flexibility index (Phi) is 8.28. The Morgan fingerprint density at radius 3 is 2.38 bits per heavy atom. The van der Waals surface area contributed by atoms with E-state index in [-0.39, 0.29) is 23.4 Å². The molecule has 0 spiro atoms. The van der Waals surface area contributed by atoms with Crippen molar-refractivity contribution in [3.63, 3.8) is 0 Å². The topological polar surface area (TPSA) is 78.2 Å². The predicted molar refractivity (Wildman–Crippen MR) is 152 cm³/mol. The number of halogens is 2. The number of hydrogen-bond donors (Lipinski definition) is 3. The van der Waals surface area contributed by atoms with Crippen LogP contribution in [0.15, 0.2) is 54.6 Å². The van der Waals surface area contributed by atoms with Gasteiger partial charge in [0, 0.05) is 30.2 Å². The molecular weight excluding hydrogens is 512 g/mol. The Morgan fingerprint density at radius 2 is 1.75 bits per heavy atom. The van der Waals surface area contributed by atoms with E-state index in [4.69, 9.17) is 4.74 Å². The third kappa shape index (κ3) is 5.57. The van der Waals surface area contributed by atoms with Gasteiger partial charge in [0.1, 0.15) is 5.75 Å². The Balaban J connectivity index is 1.72. The number of nitrogens with zero attached hydrogens (tertiary/aromatic N) is 1. The summed E-state index contributed by atoms with van der Waals surface area (Å²) in [7, 11) is 1.62. The Hall–Kier alpha value is -4.20. The van der Waals surface area contributed by atoms with Gasteiger partial charge in [-0.1, -0.05) is 44.5 Å². The number of carbonyl (C=O) groups excluding carboxylic acids is 1. The predicted octanol–water partition coefficient (Wildman–Crippen LogP) is 7.51. The maximum atomic E-state index is 14.2. The number of methoxy groups -OCH3 is 1. The first-order chi connectivity index (χ1) is 19.0. The third-order valence-electron chi connectivity index (χ3n) is 7.16. The van der Waals surface area contributed by atoms with E-state index in [0.717, 1.165) is 39.8 Å². The molecule has 0 aliphatic rings. The van der Waals surface area contributed by atoms with Crippen molar-refractivity contribution in [2.24, 2.45) is 0 Å². The van der Waals surface area contributed by atoms with Gasteiger partial charge in [-0.25, -0.2) is 13.8 Å². The highest BCUT2D eigenvalue weighted by Gasteiger charge is 2.32. The van der Waals surface area contributed by atoms with Crippen LogP contribution < -0.4 is 14.8 Å². The summed E-state index contributed by atoms with van der Waals surface area (Å²) in [5.74, 6) is -2.65. The molecule has 0 saturated carbocycles. The van der Waals surface area contributed by atoms with Gasteiger partial charge in [0.25, 0.3) is 11.6 Å². The first kappa shape index (κ1) is 28.8. The van der Waals surface area contributed by atoms with Crippen molar-refractivity contribution < 1.29 is 28.2 Å². The van der Waals surface area contributed by atoms with Crippen LogP contribution in [0, 0.1) is 20.8 Å². The van der Waals surface area contributed by atoms with E-state index in [2.05, 4.69) is 43.2 Å². The molecule has 4 aromatic rings. The Labute approximate surface area is 233 Å². The highest BCUT2D eigenvalue weighted by atomic mass is 19.3. The second-order valence-electron chi connectivity index (χ2n) is 10.1. The highest BCUT2D eigenvalue weighted by Crippen LogP contribution is 2.38. The smallest absolute Gasteiger partial charge is 0.327 e. The van der Waals surface area contributed by atoms with Gasteiger partial charge in [0.2, 0.25) is 0 Å². The summed E-state index contributed by atoms with van der Waals surface area (Å²) in [6.45, 7) is 9.38. The number of H-pyrrole nitrogens is 1. The quantitative estimate of drug-likeness (QED) is 0.150. The maximum Gasteiger partial charge on any atom is 0.327 e. The lowest BCUT2D eigenvalue weighted by Crippen LogP contribution is -2.39. The number of alkyl halides is 2. The van der Waals surface area contributed by atoms with Gasteiger partial charge in [-0.2, -0.15) is 0 Å². The van der Waals surface area contributed by atoms with Crippen molar-refractivity contribution in [2.45, 2.75) is 59.8 Å². The number of aromatic nitrogens is 2. The minimum absolute atomic E-state index is 0.0312. The van der Waals surface area contributed by atoms with Crippen LogP contribution in [0.3, 0.4) is 0 Å². The number of anilines is 1. The van der Waals surface area contributed by atoms with E-state index in [9.17, 15) is 18.8 Å². The summed E-state index contributed by atoms with van der Waals surface area (Å²) in [5.41, 5.74) is 6.49. The van der Waals surface area contributed by atoms with Gasteiger partial charge in [-0.3, -0.25) is 4.79 Å². The molecule has 6 nitrogen and oxygen atoms in total. The number of carbonyl (C=O) groups is 1. The number of imidazole rings is 1. The molecule has 40 heavy (non-hydrogen) atoms. The minimum atomic E-state index is -3.01. The van der Waals surface area contributed by atoms with Gasteiger partial charge in [-0.05, 0) is 77.6 Å². The fraction of sp³-hybridized carbons (Fsp3) is 0.312. The van der Waals surface area contributed by atoms with Crippen LogP contribution in [-0.2, 0) is 12.3 Å². The Bertz CT molecular complexity index is 1540. The number of benzene rings is 3. The normalized spacial score (nSPS) is 11.5. The average Bonchev–Trinajstić information content (AvgIpc) is 3.22. The van der Waals surface area contributed by atoms with Crippen LogP contribution in [0.4, 0.5) is 14.5 Å². The molecule has 3 N–H and O–H groups in total. The molecule has 0 bridgehead atoms. The van der Waals surface area contributed by atoms with E-state index < -0.39 is 11.8 Å². The molecule has 8 heteroatoms. The van der Waals surface area contributed by atoms with Gasteiger partial charge in [0.05, 0.1) is 12.7 Å². The molecular formula is C32H36F2N3O3+. The second-order valence-corrected chi connectivity index (χ2v) is 10.1. The van der Waals surface area contributed by atoms with Crippen LogP contribution in [0.2, 0.25) is 0 Å². The molecule has 0 saturated heterocycles. The summed E-state index contributed by atoms with van der Waals surface area (Å²) < 4.78 is 34.9. The molecule has 0 aliphatic carbocycles. The fourth-order valence-electron chi connectivity index (χ4n) is 5.20. The third-order valence-corrected chi connectivity index (χ3v) is 7.16. The number of nitrogens with one attached hydrogen (secondary N) is 2. The van der Waals surface area contributed by atoms with Gasteiger partial charge in [-0.15, -0.1) is 0 Å². The van der Waals surface area contributed by atoms with E-state index >= 15 is 0 Å². The van der Waals surface area contributed by atoms with Crippen LogP contribution in [0.25, 0.3) is 22.5 Å². The molecule has 4 rings (SSSR count). The van der Waals surface area contributed by atoms with Crippen LogP contribution >= 0.6 is 0 Å². The average molecular weight is 549 g/mol. The van der Waals surface area contributed by atoms with E-state index in [1.54, 1.807) is 20.1 Å². The van der Waals surface area contributed by atoms with E-state index in [1.165, 1.54) is 36.8 Å². The zero-order valence-electron chi connectivity index (χ0n) is 23.8. The van der Waals surface area contributed by atoms with E-state index in [1.807, 2.05) is 12.1 Å². The van der Waals surface area contributed by atoms with Gasteiger partial charge < -0.3 is 15.3 Å². The monoisotopic (exact) mass is 548 g/mol. The van der Waals surface area contributed by atoms with Crippen LogP contribution in [0.5, 0.6) is 5.75 Å². The molecule has 210 valence electrons. The zero-order valence-corrected chi connectivity index (χ0v) is 23.8. The number of rotatable bonds is 9. The number of amides is 1. The van der Waals surface area contributed by atoms with Crippen LogP contribution in [0.1, 0.15) is 65.1 Å². The molecule has 1 aromatic heterocycles. The Morgan fingerprint density at radius 1 is 1.05 bits per heavy atom. The molecule has 0 fully saturated rings. The highest BCUT2D eigenvalue weighted by molar-refractivity contribution is 6.02. The SMILES string of the molecule is CCCc1cc(C)c(-c2cc(-c3[nH]c(C)c(C(=O)Nc4cccc(C(F)(F)CC)c4)[n+]3O)ccc2OC)c(C)c1. The minimum Gasteiger partial charge on any atom is -0.496 e. The van der Waals surface area contributed by atoms with Crippen molar-refractivity contribution in [1.82, 2.24) is 4.98 Å². The lowest BCUT2D eigenvalue weighted by Gasteiger charge is -2.16. The standard InChI is InChI=1S/C32H35F2N3O3/c1-7-10-22-15-19(3)28(20(4)16-22)26-17-23(13-14-27(26)40-6)30-35-21(5)29(37(30)39)31(38)36-25-12-9-11-24(18-25)32(33,34)8-2/h9,11-18,39H,7-8,10H2,1-6H3,(H,36,38)/p+1. The summed E-state index contributed by atoms with van der Waals surface area (Å²) in [5, 5.41) is 13.7.